The Bertz CT molecular complexity index is 1270. The van der Waals surface area contributed by atoms with E-state index in [1.807, 2.05) is 13.8 Å². The highest BCUT2D eigenvalue weighted by molar-refractivity contribution is 7.92. The summed E-state index contributed by atoms with van der Waals surface area (Å²) >= 11 is 6.17. The number of nitrogens with zero attached hydrogens (tertiary/aromatic N) is 2. The summed E-state index contributed by atoms with van der Waals surface area (Å²) in [7, 11) is -4.03. The predicted octanol–water partition coefficient (Wildman–Crippen LogP) is 4.21. The van der Waals surface area contributed by atoms with E-state index in [-0.39, 0.29) is 27.5 Å². The normalized spacial score (nSPS) is 11.5. The predicted molar refractivity (Wildman–Crippen MR) is 120 cm³/mol. The minimum atomic E-state index is -4.03. The zero-order valence-electron chi connectivity index (χ0n) is 17.4. The van der Waals surface area contributed by atoms with Gasteiger partial charge in [-0.2, -0.15) is 0 Å². The molecule has 0 saturated carbocycles. The molecule has 0 bridgehead atoms. The number of anilines is 1. The van der Waals surface area contributed by atoms with E-state index in [0.717, 1.165) is 0 Å². The molecule has 168 valence electrons. The van der Waals surface area contributed by atoms with E-state index in [0.29, 0.717) is 23.6 Å². The van der Waals surface area contributed by atoms with Crippen LogP contribution in [0.3, 0.4) is 0 Å². The monoisotopic (exact) mass is 477 g/mol. The van der Waals surface area contributed by atoms with Crippen LogP contribution in [-0.4, -0.2) is 36.5 Å². The minimum absolute atomic E-state index is 0.0226. The highest BCUT2D eigenvalue weighted by Crippen LogP contribution is 2.27. The lowest BCUT2D eigenvalue weighted by Gasteiger charge is -2.11. The Balaban J connectivity index is 1.84. The molecule has 0 fully saturated rings. The van der Waals surface area contributed by atoms with Gasteiger partial charge in [-0.1, -0.05) is 31.5 Å². The summed E-state index contributed by atoms with van der Waals surface area (Å²) in [6.07, 6.45) is 0. The maximum atomic E-state index is 14.0. The van der Waals surface area contributed by atoms with Gasteiger partial charge in [0, 0.05) is 11.6 Å². The van der Waals surface area contributed by atoms with E-state index in [1.165, 1.54) is 42.5 Å². The van der Waals surface area contributed by atoms with Crippen molar-refractivity contribution in [2.75, 3.05) is 18.1 Å². The maximum Gasteiger partial charge on any atom is 0.203 e. The lowest BCUT2D eigenvalue weighted by molar-refractivity contribution is 0.102. The summed E-state index contributed by atoms with van der Waals surface area (Å²) in [6, 6.07) is 11.1. The van der Waals surface area contributed by atoms with E-state index >= 15 is 0 Å². The highest BCUT2D eigenvalue weighted by Gasteiger charge is 2.24. The first-order valence-electron chi connectivity index (χ1n) is 9.64. The Morgan fingerprint density at radius 3 is 2.56 bits per heavy atom. The van der Waals surface area contributed by atoms with Crippen LogP contribution in [0.2, 0.25) is 5.15 Å². The second kappa shape index (κ2) is 9.62. The molecule has 0 amide bonds. The summed E-state index contributed by atoms with van der Waals surface area (Å²) in [5, 5.41) is -0.502. The van der Waals surface area contributed by atoms with E-state index in [2.05, 4.69) is 9.97 Å². The van der Waals surface area contributed by atoms with Gasteiger partial charge in [-0.15, -0.1) is 0 Å². The molecule has 0 aliphatic carbocycles. The van der Waals surface area contributed by atoms with Crippen molar-refractivity contribution in [3.63, 3.8) is 0 Å². The van der Waals surface area contributed by atoms with Crippen LogP contribution in [0.4, 0.5) is 10.2 Å². The van der Waals surface area contributed by atoms with Crippen LogP contribution >= 0.6 is 11.6 Å². The van der Waals surface area contributed by atoms with Gasteiger partial charge in [-0.3, -0.25) is 4.79 Å². The number of sulfone groups is 1. The largest absolute Gasteiger partial charge is 0.493 e. The molecule has 0 saturated heterocycles. The Kier molecular flexibility index (Phi) is 7.10. The first kappa shape index (κ1) is 23.6. The van der Waals surface area contributed by atoms with Gasteiger partial charge in [-0.05, 0) is 42.3 Å². The van der Waals surface area contributed by atoms with Gasteiger partial charge >= 0.3 is 0 Å². The molecule has 2 heterocycles. The van der Waals surface area contributed by atoms with E-state index in [9.17, 15) is 17.6 Å². The van der Waals surface area contributed by atoms with Gasteiger partial charge in [-0.25, -0.2) is 22.8 Å². The zero-order valence-corrected chi connectivity index (χ0v) is 19.0. The molecule has 0 unspecified atom stereocenters. The molecular formula is C22H21ClFN3O4S. The molecule has 0 aliphatic rings. The van der Waals surface area contributed by atoms with Crippen LogP contribution < -0.4 is 10.5 Å². The van der Waals surface area contributed by atoms with Crippen LogP contribution in [0.5, 0.6) is 5.75 Å². The number of aromatic nitrogens is 2. The fourth-order valence-electron chi connectivity index (χ4n) is 2.79. The van der Waals surface area contributed by atoms with E-state index < -0.39 is 27.2 Å². The molecule has 0 atom stereocenters. The Labute approximate surface area is 190 Å². The molecule has 0 radical (unpaired) electrons. The average Bonchev–Trinajstić information content (AvgIpc) is 2.71. The van der Waals surface area contributed by atoms with Crippen LogP contribution in [0.25, 0.3) is 11.3 Å². The third-order valence-electron chi connectivity index (χ3n) is 4.28. The summed E-state index contributed by atoms with van der Waals surface area (Å²) < 4.78 is 44.6. The Morgan fingerprint density at radius 2 is 1.91 bits per heavy atom. The average molecular weight is 478 g/mol. The number of rotatable bonds is 8. The standard InChI is InChI=1S/C22H21ClFN3O4S/c1-13(2)11-31-16-9-14(8-15(24)10-16)18-7-6-17(22(23)26-18)19(28)12-32(29,30)21-5-3-4-20(25)27-21/h3-10,13H,11-12H2,1-2H3,(H2,25,27). The SMILES string of the molecule is CC(C)COc1cc(F)cc(-c2ccc(C(=O)CS(=O)(=O)c3cccc(N)n3)c(Cl)n2)c1. The van der Waals surface area contributed by atoms with Crippen LogP contribution in [0.1, 0.15) is 24.2 Å². The van der Waals surface area contributed by atoms with Crippen molar-refractivity contribution < 1.29 is 22.3 Å². The van der Waals surface area contributed by atoms with Crippen molar-refractivity contribution >= 4 is 33.0 Å². The minimum Gasteiger partial charge on any atom is -0.493 e. The fraction of sp³-hybridized carbons (Fsp3) is 0.227. The quantitative estimate of drug-likeness (QED) is 0.382. The molecular weight excluding hydrogens is 457 g/mol. The van der Waals surface area contributed by atoms with E-state index in [4.69, 9.17) is 22.1 Å². The second-order valence-electron chi connectivity index (χ2n) is 7.50. The molecule has 0 aliphatic heterocycles. The molecule has 3 aromatic rings. The number of benzene rings is 1. The second-order valence-corrected chi connectivity index (χ2v) is 9.79. The van der Waals surface area contributed by atoms with Crippen LogP contribution in [0.15, 0.2) is 53.6 Å². The topological polar surface area (TPSA) is 112 Å². The number of pyridine rings is 2. The van der Waals surface area contributed by atoms with Crippen LogP contribution in [-0.2, 0) is 9.84 Å². The Morgan fingerprint density at radius 1 is 1.16 bits per heavy atom. The van der Waals surface area contributed by atoms with Gasteiger partial charge in [0.1, 0.15) is 28.3 Å². The number of hydrogen-bond acceptors (Lipinski definition) is 7. The molecule has 2 aromatic heterocycles. The first-order chi connectivity index (χ1) is 15.0. The van der Waals surface area contributed by atoms with Gasteiger partial charge in [0.2, 0.25) is 9.84 Å². The third-order valence-corrected chi connectivity index (χ3v) is 6.08. The van der Waals surface area contributed by atoms with Gasteiger partial charge in [0.15, 0.2) is 10.8 Å². The lowest BCUT2D eigenvalue weighted by atomic mass is 10.1. The van der Waals surface area contributed by atoms with Crippen molar-refractivity contribution in [2.45, 2.75) is 18.9 Å². The molecule has 1 aromatic carbocycles. The van der Waals surface area contributed by atoms with Crippen molar-refractivity contribution in [3.05, 3.63) is 65.1 Å². The Hall–Kier alpha value is -3.04. The molecule has 3 rings (SSSR count). The van der Waals surface area contributed by atoms with E-state index in [1.54, 1.807) is 6.07 Å². The summed E-state index contributed by atoms with van der Waals surface area (Å²) in [6.45, 7) is 4.36. The number of Topliss-reactive ketones (excluding diaryl/α,β-unsaturated/α-hetero) is 1. The highest BCUT2D eigenvalue weighted by atomic mass is 35.5. The number of carbonyl (C=O) groups excluding carboxylic acids is 1. The molecule has 0 spiro atoms. The molecule has 2 N–H and O–H groups in total. The number of carbonyl (C=O) groups is 1. The van der Waals surface area contributed by atoms with Crippen molar-refractivity contribution in [2.24, 2.45) is 5.92 Å². The van der Waals surface area contributed by atoms with Crippen LogP contribution in [0, 0.1) is 11.7 Å². The van der Waals surface area contributed by atoms with Crippen molar-refractivity contribution in [3.8, 4) is 17.0 Å². The van der Waals surface area contributed by atoms with Crippen molar-refractivity contribution in [1.82, 2.24) is 9.97 Å². The number of nitrogens with two attached hydrogens (primary N) is 1. The number of hydrogen-bond donors (Lipinski definition) is 1. The zero-order chi connectivity index (χ0) is 23.5. The maximum absolute atomic E-state index is 14.0. The van der Waals surface area contributed by atoms with Gasteiger partial charge in [0.25, 0.3) is 0 Å². The first-order valence-corrected chi connectivity index (χ1v) is 11.7. The van der Waals surface area contributed by atoms with Gasteiger partial charge < -0.3 is 10.5 Å². The third kappa shape index (κ3) is 5.80. The molecule has 32 heavy (non-hydrogen) atoms. The summed E-state index contributed by atoms with van der Waals surface area (Å²) in [4.78, 5) is 20.5. The summed E-state index contributed by atoms with van der Waals surface area (Å²) in [5.41, 5.74) is 6.16. The molecule has 7 nitrogen and oxygen atoms in total. The lowest BCUT2D eigenvalue weighted by Crippen LogP contribution is -2.18. The number of ketones is 1. The fourth-order valence-corrected chi connectivity index (χ4v) is 4.23. The number of nitrogen functional groups attached to an aromatic ring is 1. The van der Waals surface area contributed by atoms with Crippen molar-refractivity contribution in [1.29, 1.82) is 0 Å². The van der Waals surface area contributed by atoms with Gasteiger partial charge in [0.05, 0.1) is 17.9 Å². The number of halogens is 2. The molecule has 10 heteroatoms. The smallest absolute Gasteiger partial charge is 0.203 e. The summed E-state index contributed by atoms with van der Waals surface area (Å²) in [5.74, 6) is -1.49. The number of ether oxygens (including phenoxy) is 1.